The molecule has 0 heterocycles. The van der Waals surface area contributed by atoms with Crippen LogP contribution >= 0.6 is 0 Å². The smallest absolute Gasteiger partial charge is 0.243 e. The minimum Gasteiger partial charge on any atom is -0.305 e. The van der Waals surface area contributed by atoms with Gasteiger partial charge in [-0.3, -0.25) is 0 Å². The van der Waals surface area contributed by atoms with Gasteiger partial charge in [-0.25, -0.2) is 25.9 Å². The number of benzene rings is 1. The van der Waals surface area contributed by atoms with Crippen LogP contribution in [0.3, 0.4) is 0 Å². The Hall–Kier alpha value is -1.03. The molecule has 0 saturated carbocycles. The van der Waals surface area contributed by atoms with Crippen molar-refractivity contribution in [2.75, 3.05) is 32.9 Å². The molecule has 0 aromatic heterocycles. The van der Waals surface area contributed by atoms with Crippen molar-refractivity contribution in [1.82, 2.24) is 9.62 Å². The van der Waals surface area contributed by atoms with Crippen LogP contribution < -0.4 is 4.72 Å². The molecule has 6 nitrogen and oxygen atoms in total. The average molecular weight is 338 g/mol. The highest BCUT2D eigenvalue weighted by Gasteiger charge is 2.21. The lowest BCUT2D eigenvalue weighted by atomic mass is 10.3. The molecule has 0 amide bonds. The minimum absolute atomic E-state index is 0.106. The Morgan fingerprint density at radius 1 is 1.24 bits per heavy atom. The largest absolute Gasteiger partial charge is 0.305 e. The van der Waals surface area contributed by atoms with Crippen molar-refractivity contribution in [2.24, 2.45) is 0 Å². The first-order valence-corrected chi connectivity index (χ1v) is 9.63. The molecule has 0 aliphatic heterocycles. The molecular weight excluding hydrogens is 319 g/mol. The fourth-order valence-electron chi connectivity index (χ4n) is 1.53. The molecule has 0 saturated heterocycles. The third kappa shape index (κ3) is 5.03. The van der Waals surface area contributed by atoms with Gasteiger partial charge in [-0.2, -0.15) is 0 Å². The van der Waals surface area contributed by atoms with Crippen LogP contribution in [0.25, 0.3) is 0 Å². The zero-order valence-corrected chi connectivity index (χ0v) is 13.8. The molecule has 0 radical (unpaired) electrons. The molecule has 1 N–H and O–H groups in total. The highest BCUT2D eigenvalue weighted by Crippen LogP contribution is 2.19. The van der Waals surface area contributed by atoms with E-state index in [0.29, 0.717) is 6.54 Å². The van der Waals surface area contributed by atoms with Crippen LogP contribution in [0.5, 0.6) is 0 Å². The van der Waals surface area contributed by atoms with E-state index >= 15 is 0 Å². The molecule has 0 spiro atoms. The summed E-state index contributed by atoms with van der Waals surface area (Å²) in [6.45, 7) is 3.24. The number of nitrogens with one attached hydrogen (secondary N) is 1. The zero-order valence-electron chi connectivity index (χ0n) is 12.1. The maximum absolute atomic E-state index is 13.7. The normalized spacial score (nSPS) is 12.8. The third-order valence-corrected chi connectivity index (χ3v) is 5.53. The number of hydrogen-bond acceptors (Lipinski definition) is 5. The molecule has 0 atom stereocenters. The lowest BCUT2D eigenvalue weighted by Gasteiger charge is -2.14. The van der Waals surface area contributed by atoms with E-state index < -0.39 is 30.6 Å². The number of halogens is 1. The monoisotopic (exact) mass is 338 g/mol. The quantitative estimate of drug-likeness (QED) is 0.730. The minimum atomic E-state index is -4.09. The second-order valence-corrected chi connectivity index (χ2v) is 8.41. The number of sulfone groups is 1. The first-order chi connectivity index (χ1) is 9.58. The second kappa shape index (κ2) is 6.82. The van der Waals surface area contributed by atoms with Gasteiger partial charge in [-0.15, -0.1) is 0 Å². The third-order valence-electron chi connectivity index (χ3n) is 2.95. The summed E-state index contributed by atoms with van der Waals surface area (Å²) < 4.78 is 62.9. The summed E-state index contributed by atoms with van der Waals surface area (Å²) in [5, 5.41) is 0. The molecule has 1 aromatic carbocycles. The van der Waals surface area contributed by atoms with Crippen LogP contribution in [0.1, 0.15) is 6.92 Å². The van der Waals surface area contributed by atoms with Crippen molar-refractivity contribution >= 4 is 19.9 Å². The fraction of sp³-hybridized carbons (Fsp3) is 0.500. The van der Waals surface area contributed by atoms with Crippen molar-refractivity contribution in [3.8, 4) is 0 Å². The van der Waals surface area contributed by atoms with E-state index in [2.05, 4.69) is 4.72 Å². The Morgan fingerprint density at radius 2 is 1.86 bits per heavy atom. The first-order valence-electron chi connectivity index (χ1n) is 6.25. The van der Waals surface area contributed by atoms with Gasteiger partial charge in [0.15, 0.2) is 9.84 Å². The van der Waals surface area contributed by atoms with Crippen molar-refractivity contribution < 1.29 is 21.2 Å². The Morgan fingerprint density at radius 3 is 2.38 bits per heavy atom. The van der Waals surface area contributed by atoms with Gasteiger partial charge >= 0.3 is 0 Å². The average Bonchev–Trinajstić information content (AvgIpc) is 2.37. The van der Waals surface area contributed by atoms with E-state index in [0.717, 1.165) is 31.0 Å². The van der Waals surface area contributed by atoms with Gasteiger partial charge in [0, 0.05) is 19.3 Å². The second-order valence-electron chi connectivity index (χ2n) is 4.66. The Kier molecular flexibility index (Phi) is 5.85. The topological polar surface area (TPSA) is 83.6 Å². The summed E-state index contributed by atoms with van der Waals surface area (Å²) in [4.78, 5) is 0.978. The summed E-state index contributed by atoms with van der Waals surface area (Å²) in [7, 11) is -5.88. The van der Waals surface area contributed by atoms with Gasteiger partial charge in [0.2, 0.25) is 10.0 Å². The fourth-order valence-corrected chi connectivity index (χ4v) is 3.37. The van der Waals surface area contributed by atoms with E-state index in [-0.39, 0.29) is 11.4 Å². The van der Waals surface area contributed by atoms with Crippen LogP contribution in [0, 0.1) is 5.82 Å². The standard InChI is InChI=1S/C12H19FN2O4S2/c1-4-15(2)8-7-14-21(18,19)12-9-10(20(3,16)17)5-6-11(12)13/h5-6,9,14H,4,7-8H2,1-3H3. The number of hydrogen-bond donors (Lipinski definition) is 1. The van der Waals surface area contributed by atoms with E-state index in [4.69, 9.17) is 0 Å². The van der Waals surface area contributed by atoms with Crippen LogP contribution in [0.4, 0.5) is 4.39 Å². The molecule has 0 fully saturated rings. The van der Waals surface area contributed by atoms with E-state index in [1.165, 1.54) is 0 Å². The lowest BCUT2D eigenvalue weighted by Crippen LogP contribution is -2.33. The predicted molar refractivity (Wildman–Crippen MR) is 77.9 cm³/mol. The van der Waals surface area contributed by atoms with E-state index in [1.807, 2.05) is 18.9 Å². The van der Waals surface area contributed by atoms with Crippen LogP contribution in [0.15, 0.2) is 28.0 Å². The highest BCUT2D eigenvalue weighted by molar-refractivity contribution is 7.91. The summed E-state index contributed by atoms with van der Waals surface area (Å²) in [6, 6.07) is 2.70. The van der Waals surface area contributed by atoms with Crippen LogP contribution in [0.2, 0.25) is 0 Å². The molecule has 1 rings (SSSR count). The zero-order chi connectivity index (χ0) is 16.3. The number of rotatable bonds is 7. The Labute approximate surface area is 124 Å². The Balaban J connectivity index is 3.03. The Bertz CT molecular complexity index is 702. The lowest BCUT2D eigenvalue weighted by molar-refractivity contribution is 0.357. The first kappa shape index (κ1) is 18.0. The van der Waals surface area contributed by atoms with Gasteiger partial charge in [0.25, 0.3) is 0 Å². The molecule has 9 heteroatoms. The molecular formula is C12H19FN2O4S2. The van der Waals surface area contributed by atoms with Gasteiger partial charge in [-0.05, 0) is 31.8 Å². The van der Waals surface area contributed by atoms with Gasteiger partial charge in [-0.1, -0.05) is 6.92 Å². The van der Waals surface area contributed by atoms with Crippen LogP contribution in [-0.2, 0) is 19.9 Å². The number of sulfonamides is 1. The number of nitrogens with zero attached hydrogens (tertiary/aromatic N) is 1. The summed E-state index contributed by atoms with van der Waals surface area (Å²) >= 11 is 0. The SMILES string of the molecule is CCN(C)CCNS(=O)(=O)c1cc(S(C)(=O)=O)ccc1F. The van der Waals surface area contributed by atoms with Crippen molar-refractivity contribution in [2.45, 2.75) is 16.7 Å². The predicted octanol–water partition coefficient (Wildman–Crippen LogP) is 0.459. The highest BCUT2D eigenvalue weighted by atomic mass is 32.2. The molecule has 120 valence electrons. The number of likely N-dealkylation sites (N-methyl/N-ethyl adjacent to an activating group) is 1. The molecule has 0 unspecified atom stereocenters. The van der Waals surface area contributed by atoms with Gasteiger partial charge < -0.3 is 4.90 Å². The summed E-state index contributed by atoms with van der Waals surface area (Å²) in [5.41, 5.74) is 0. The van der Waals surface area contributed by atoms with Crippen molar-refractivity contribution in [3.63, 3.8) is 0 Å². The van der Waals surface area contributed by atoms with Crippen molar-refractivity contribution in [3.05, 3.63) is 24.0 Å². The molecule has 0 bridgehead atoms. The van der Waals surface area contributed by atoms with Crippen molar-refractivity contribution in [1.29, 1.82) is 0 Å². The van der Waals surface area contributed by atoms with Gasteiger partial charge in [0.05, 0.1) is 4.90 Å². The maximum atomic E-state index is 13.7. The van der Waals surface area contributed by atoms with E-state index in [1.54, 1.807) is 0 Å². The molecule has 21 heavy (non-hydrogen) atoms. The summed E-state index contributed by atoms with van der Waals surface area (Å²) in [6.07, 6.45) is 0.931. The molecule has 0 aliphatic rings. The van der Waals surface area contributed by atoms with Gasteiger partial charge in [0.1, 0.15) is 10.7 Å². The van der Waals surface area contributed by atoms with Crippen LogP contribution in [-0.4, -0.2) is 54.7 Å². The molecule has 0 aliphatic carbocycles. The molecule has 1 aromatic rings. The maximum Gasteiger partial charge on any atom is 0.243 e. The summed E-state index contributed by atoms with van der Waals surface area (Å²) in [5.74, 6) is -0.987. The van der Waals surface area contributed by atoms with E-state index in [9.17, 15) is 21.2 Å².